The lowest BCUT2D eigenvalue weighted by Crippen LogP contribution is -2.31. The summed E-state index contributed by atoms with van der Waals surface area (Å²) in [6, 6.07) is 9.06. The topological polar surface area (TPSA) is 49.3 Å². The van der Waals surface area contributed by atoms with Gasteiger partial charge in [-0.3, -0.25) is 4.79 Å². The fourth-order valence-corrected chi connectivity index (χ4v) is 1.31. The summed E-state index contributed by atoms with van der Waals surface area (Å²) < 4.78 is 0. The Bertz CT molecular complexity index is 289. The first-order chi connectivity index (χ1) is 6.77. The molecule has 1 aromatic rings. The zero-order valence-corrected chi connectivity index (χ0v) is 9.20. The van der Waals surface area contributed by atoms with Crippen LogP contribution in [0.5, 0.6) is 0 Å². The number of carbonyl (C=O) groups excluding carboxylic acids is 1. The van der Waals surface area contributed by atoms with Crippen molar-refractivity contribution >= 4 is 21.8 Å². The fraction of sp³-hybridized carbons (Fsp3) is 0.300. The van der Waals surface area contributed by atoms with Crippen molar-refractivity contribution in [3.8, 4) is 0 Å². The number of aliphatic hydroxyl groups is 1. The first-order valence-electron chi connectivity index (χ1n) is 4.29. The number of amides is 1. The summed E-state index contributed by atoms with van der Waals surface area (Å²) in [7, 11) is 0. The van der Waals surface area contributed by atoms with Gasteiger partial charge in [0.1, 0.15) is 0 Å². The van der Waals surface area contributed by atoms with Gasteiger partial charge >= 0.3 is 0 Å². The molecule has 0 radical (unpaired) electrons. The molecule has 4 heteroatoms. The molecule has 0 aliphatic heterocycles. The third kappa shape index (κ3) is 3.12. The smallest absolute Gasteiger partial charge is 0.231 e. The summed E-state index contributed by atoms with van der Waals surface area (Å²) in [4.78, 5) is 11.1. The molecule has 0 bridgehead atoms. The third-order valence-corrected chi connectivity index (χ3v) is 2.35. The van der Waals surface area contributed by atoms with Gasteiger partial charge in [-0.05, 0) is 5.56 Å². The van der Waals surface area contributed by atoms with Crippen molar-refractivity contribution in [2.24, 2.45) is 0 Å². The SMILES string of the molecule is O=C(CBr)N[C@@H](CO)c1ccccc1. The van der Waals surface area contributed by atoms with Gasteiger partial charge in [-0.15, -0.1) is 0 Å². The van der Waals surface area contributed by atoms with Crippen molar-refractivity contribution in [2.45, 2.75) is 6.04 Å². The normalized spacial score (nSPS) is 12.1. The number of hydrogen-bond acceptors (Lipinski definition) is 2. The number of aliphatic hydroxyl groups excluding tert-OH is 1. The standard InChI is InChI=1S/C10H12BrNO2/c11-6-10(14)12-9(7-13)8-4-2-1-3-5-8/h1-5,9,13H,6-7H2,(H,12,14)/t9-/m0/s1. The molecule has 1 amide bonds. The van der Waals surface area contributed by atoms with Crippen molar-refractivity contribution in [2.75, 3.05) is 11.9 Å². The van der Waals surface area contributed by atoms with Gasteiger partial charge in [0.05, 0.1) is 18.0 Å². The van der Waals surface area contributed by atoms with Crippen LogP contribution in [-0.4, -0.2) is 23.0 Å². The summed E-state index contributed by atoms with van der Waals surface area (Å²) in [6.07, 6.45) is 0. The van der Waals surface area contributed by atoms with Crippen LogP contribution in [0, 0.1) is 0 Å². The number of nitrogens with one attached hydrogen (secondary N) is 1. The van der Waals surface area contributed by atoms with E-state index in [-0.39, 0.29) is 23.9 Å². The van der Waals surface area contributed by atoms with Crippen molar-refractivity contribution in [3.05, 3.63) is 35.9 Å². The molecule has 0 aliphatic rings. The van der Waals surface area contributed by atoms with E-state index in [9.17, 15) is 4.79 Å². The molecule has 3 nitrogen and oxygen atoms in total. The van der Waals surface area contributed by atoms with E-state index in [0.717, 1.165) is 5.56 Å². The van der Waals surface area contributed by atoms with E-state index < -0.39 is 0 Å². The van der Waals surface area contributed by atoms with Crippen LogP contribution in [0.15, 0.2) is 30.3 Å². The maximum Gasteiger partial charge on any atom is 0.231 e. The van der Waals surface area contributed by atoms with E-state index in [0.29, 0.717) is 0 Å². The van der Waals surface area contributed by atoms with Crippen molar-refractivity contribution in [1.29, 1.82) is 0 Å². The highest BCUT2D eigenvalue weighted by atomic mass is 79.9. The predicted molar refractivity (Wildman–Crippen MR) is 58.2 cm³/mol. The van der Waals surface area contributed by atoms with E-state index in [4.69, 9.17) is 5.11 Å². The lowest BCUT2D eigenvalue weighted by Gasteiger charge is -2.15. The van der Waals surface area contributed by atoms with Crippen molar-refractivity contribution in [1.82, 2.24) is 5.32 Å². The first-order valence-corrected chi connectivity index (χ1v) is 5.41. The minimum atomic E-state index is -0.318. The second-order valence-electron chi connectivity index (χ2n) is 2.85. The number of alkyl halides is 1. The Morgan fingerprint density at radius 3 is 2.57 bits per heavy atom. The van der Waals surface area contributed by atoms with Gasteiger partial charge in [0.2, 0.25) is 5.91 Å². The zero-order valence-electron chi connectivity index (χ0n) is 7.61. The van der Waals surface area contributed by atoms with Crippen molar-refractivity contribution in [3.63, 3.8) is 0 Å². The fourth-order valence-electron chi connectivity index (χ4n) is 1.15. The molecule has 1 rings (SSSR count). The van der Waals surface area contributed by atoms with Gasteiger partial charge in [-0.2, -0.15) is 0 Å². The van der Waals surface area contributed by atoms with E-state index >= 15 is 0 Å². The quantitative estimate of drug-likeness (QED) is 0.798. The Hall–Kier alpha value is -0.870. The average Bonchev–Trinajstić information content (AvgIpc) is 2.26. The Balaban J connectivity index is 2.68. The van der Waals surface area contributed by atoms with E-state index in [1.807, 2.05) is 30.3 Å². The minimum Gasteiger partial charge on any atom is -0.394 e. The molecule has 0 heterocycles. The maximum absolute atomic E-state index is 11.1. The summed E-state index contributed by atoms with van der Waals surface area (Å²) >= 11 is 3.05. The Labute approximate surface area is 91.3 Å². The monoisotopic (exact) mass is 257 g/mol. The van der Waals surface area contributed by atoms with Crippen LogP contribution in [-0.2, 0) is 4.79 Å². The van der Waals surface area contributed by atoms with Crippen LogP contribution < -0.4 is 5.32 Å². The third-order valence-electron chi connectivity index (χ3n) is 1.84. The van der Waals surface area contributed by atoms with E-state index in [1.54, 1.807) is 0 Å². The van der Waals surface area contributed by atoms with Crippen molar-refractivity contribution < 1.29 is 9.90 Å². The van der Waals surface area contributed by atoms with E-state index in [2.05, 4.69) is 21.2 Å². The molecular weight excluding hydrogens is 246 g/mol. The van der Waals surface area contributed by atoms with Crippen LogP contribution in [0.25, 0.3) is 0 Å². The molecule has 0 fully saturated rings. The Kier molecular flexibility index (Phi) is 4.62. The van der Waals surface area contributed by atoms with Crippen LogP contribution in [0.2, 0.25) is 0 Å². The molecule has 2 N–H and O–H groups in total. The molecule has 0 saturated heterocycles. The number of carbonyl (C=O) groups is 1. The Morgan fingerprint density at radius 1 is 1.43 bits per heavy atom. The lowest BCUT2D eigenvalue weighted by atomic mass is 10.1. The second-order valence-corrected chi connectivity index (χ2v) is 3.41. The van der Waals surface area contributed by atoms with Gasteiger partial charge < -0.3 is 10.4 Å². The van der Waals surface area contributed by atoms with Gasteiger partial charge in [0.15, 0.2) is 0 Å². The molecule has 0 aliphatic carbocycles. The average molecular weight is 258 g/mol. The molecule has 14 heavy (non-hydrogen) atoms. The van der Waals surface area contributed by atoms with Gasteiger partial charge in [-0.1, -0.05) is 46.3 Å². The molecule has 76 valence electrons. The summed E-state index contributed by atoms with van der Waals surface area (Å²) in [5.41, 5.74) is 0.907. The summed E-state index contributed by atoms with van der Waals surface area (Å²) in [6.45, 7) is -0.0945. The molecule has 1 aromatic carbocycles. The largest absolute Gasteiger partial charge is 0.394 e. The molecule has 0 unspecified atom stereocenters. The molecular formula is C10H12BrNO2. The van der Waals surface area contributed by atoms with E-state index in [1.165, 1.54) is 0 Å². The van der Waals surface area contributed by atoms with Crippen LogP contribution in [0.3, 0.4) is 0 Å². The zero-order chi connectivity index (χ0) is 10.4. The lowest BCUT2D eigenvalue weighted by molar-refractivity contribution is -0.119. The predicted octanol–water partition coefficient (Wildman–Crippen LogP) is 1.23. The molecule has 1 atom stereocenters. The number of benzene rings is 1. The molecule has 0 saturated carbocycles. The maximum atomic E-state index is 11.1. The van der Waals surface area contributed by atoms with Gasteiger partial charge in [0.25, 0.3) is 0 Å². The summed E-state index contributed by atoms with van der Waals surface area (Å²) in [5, 5.41) is 12.0. The highest BCUT2D eigenvalue weighted by Gasteiger charge is 2.11. The second kappa shape index (κ2) is 5.78. The number of rotatable bonds is 4. The van der Waals surface area contributed by atoms with Crippen LogP contribution in [0.4, 0.5) is 0 Å². The van der Waals surface area contributed by atoms with Gasteiger partial charge in [0, 0.05) is 0 Å². The number of hydrogen-bond donors (Lipinski definition) is 2. The number of halogens is 1. The highest BCUT2D eigenvalue weighted by molar-refractivity contribution is 9.09. The first kappa shape index (κ1) is 11.2. The minimum absolute atomic E-state index is 0.0945. The van der Waals surface area contributed by atoms with Crippen LogP contribution in [0.1, 0.15) is 11.6 Å². The Morgan fingerprint density at radius 2 is 2.07 bits per heavy atom. The molecule has 0 aromatic heterocycles. The molecule has 0 spiro atoms. The highest BCUT2D eigenvalue weighted by Crippen LogP contribution is 2.11. The summed E-state index contributed by atoms with van der Waals surface area (Å²) in [5.74, 6) is -0.132. The van der Waals surface area contributed by atoms with Crippen LogP contribution >= 0.6 is 15.9 Å². The van der Waals surface area contributed by atoms with Gasteiger partial charge in [-0.25, -0.2) is 0 Å².